The van der Waals surface area contributed by atoms with Crippen LogP contribution < -0.4 is 10.6 Å². The fraction of sp³-hybridized carbons (Fsp3) is 0.538. The summed E-state index contributed by atoms with van der Waals surface area (Å²) in [6.07, 6.45) is 3.79. The van der Waals surface area contributed by atoms with Crippen molar-refractivity contribution in [3.63, 3.8) is 0 Å². The van der Waals surface area contributed by atoms with Crippen molar-refractivity contribution in [3.8, 4) is 0 Å². The van der Waals surface area contributed by atoms with Crippen molar-refractivity contribution in [1.82, 2.24) is 5.32 Å². The van der Waals surface area contributed by atoms with Crippen molar-refractivity contribution in [2.24, 2.45) is 0 Å². The molecular formula is C13H20N2. The Morgan fingerprint density at radius 1 is 1.13 bits per heavy atom. The number of aryl methyl sites for hydroxylation is 1. The van der Waals surface area contributed by atoms with Crippen molar-refractivity contribution >= 4 is 5.69 Å². The topological polar surface area (TPSA) is 24.1 Å². The molecule has 0 saturated carbocycles. The third kappa shape index (κ3) is 3.24. The van der Waals surface area contributed by atoms with Crippen molar-refractivity contribution in [1.29, 1.82) is 0 Å². The molecule has 1 saturated heterocycles. The van der Waals surface area contributed by atoms with E-state index in [9.17, 15) is 0 Å². The molecular weight excluding hydrogens is 184 g/mol. The summed E-state index contributed by atoms with van der Waals surface area (Å²) in [5.74, 6) is 0. The molecule has 1 unspecified atom stereocenters. The van der Waals surface area contributed by atoms with Gasteiger partial charge in [-0.25, -0.2) is 0 Å². The van der Waals surface area contributed by atoms with Gasteiger partial charge in [-0.05, 0) is 51.4 Å². The Hall–Kier alpha value is -1.02. The van der Waals surface area contributed by atoms with Gasteiger partial charge in [0.1, 0.15) is 0 Å². The summed E-state index contributed by atoms with van der Waals surface area (Å²) in [5, 5.41) is 7.04. The summed E-state index contributed by atoms with van der Waals surface area (Å²) in [5.41, 5.74) is 2.58. The van der Waals surface area contributed by atoms with Gasteiger partial charge in [0, 0.05) is 11.7 Å². The van der Waals surface area contributed by atoms with Crippen LogP contribution in [0.4, 0.5) is 5.69 Å². The average molecular weight is 204 g/mol. The van der Waals surface area contributed by atoms with Gasteiger partial charge in [-0.3, -0.25) is 0 Å². The standard InChI is InChI=1S/C13H20N2/c1-11-4-6-13(7-5-11)15-12-3-2-9-14-10-8-12/h4-7,12,14-15H,2-3,8-10H2,1H3. The first kappa shape index (κ1) is 10.5. The van der Waals surface area contributed by atoms with Gasteiger partial charge in [0.2, 0.25) is 0 Å². The number of nitrogens with one attached hydrogen (secondary N) is 2. The Morgan fingerprint density at radius 3 is 2.73 bits per heavy atom. The molecule has 0 spiro atoms. The van der Waals surface area contributed by atoms with Crippen molar-refractivity contribution in [3.05, 3.63) is 29.8 Å². The van der Waals surface area contributed by atoms with Gasteiger partial charge in [-0.2, -0.15) is 0 Å². The molecule has 0 bridgehead atoms. The molecule has 1 atom stereocenters. The summed E-state index contributed by atoms with van der Waals surface area (Å²) in [4.78, 5) is 0. The summed E-state index contributed by atoms with van der Waals surface area (Å²) in [6, 6.07) is 9.32. The van der Waals surface area contributed by atoms with E-state index in [1.165, 1.54) is 37.1 Å². The molecule has 0 aliphatic carbocycles. The van der Waals surface area contributed by atoms with Crippen LogP contribution in [0.15, 0.2) is 24.3 Å². The predicted molar refractivity (Wildman–Crippen MR) is 65.3 cm³/mol. The molecule has 1 aromatic rings. The van der Waals surface area contributed by atoms with E-state index in [1.54, 1.807) is 0 Å². The lowest BCUT2D eigenvalue weighted by Gasteiger charge is -2.17. The molecule has 82 valence electrons. The van der Waals surface area contributed by atoms with E-state index in [0.717, 1.165) is 6.54 Å². The lowest BCUT2D eigenvalue weighted by Crippen LogP contribution is -2.21. The second-order valence-electron chi connectivity index (χ2n) is 4.39. The van der Waals surface area contributed by atoms with Gasteiger partial charge < -0.3 is 10.6 Å². The highest BCUT2D eigenvalue weighted by Gasteiger charge is 2.10. The number of hydrogen-bond donors (Lipinski definition) is 2. The average Bonchev–Trinajstić information content (AvgIpc) is 2.50. The van der Waals surface area contributed by atoms with E-state index in [4.69, 9.17) is 0 Å². The second-order valence-corrected chi connectivity index (χ2v) is 4.39. The summed E-state index contributed by atoms with van der Waals surface area (Å²) in [6.45, 7) is 4.44. The minimum Gasteiger partial charge on any atom is -0.382 e. The molecule has 1 aromatic carbocycles. The number of anilines is 1. The van der Waals surface area contributed by atoms with Crippen LogP contribution in [0.1, 0.15) is 24.8 Å². The van der Waals surface area contributed by atoms with E-state index in [0.29, 0.717) is 6.04 Å². The number of hydrogen-bond acceptors (Lipinski definition) is 2. The predicted octanol–water partition coefficient (Wildman–Crippen LogP) is 2.55. The van der Waals surface area contributed by atoms with Crippen molar-refractivity contribution in [2.75, 3.05) is 18.4 Å². The molecule has 0 aromatic heterocycles. The van der Waals surface area contributed by atoms with Gasteiger partial charge in [0.15, 0.2) is 0 Å². The van der Waals surface area contributed by atoms with Crippen LogP contribution >= 0.6 is 0 Å². The van der Waals surface area contributed by atoms with Gasteiger partial charge >= 0.3 is 0 Å². The molecule has 1 fully saturated rings. The Morgan fingerprint density at radius 2 is 1.93 bits per heavy atom. The van der Waals surface area contributed by atoms with E-state index in [2.05, 4.69) is 41.8 Å². The Bertz CT molecular complexity index is 284. The van der Waals surface area contributed by atoms with Crippen LogP contribution in [0.25, 0.3) is 0 Å². The molecule has 1 heterocycles. The summed E-state index contributed by atoms with van der Waals surface area (Å²) in [7, 11) is 0. The van der Waals surface area contributed by atoms with Crippen LogP contribution in [-0.2, 0) is 0 Å². The molecule has 1 aliphatic heterocycles. The van der Waals surface area contributed by atoms with Crippen molar-refractivity contribution in [2.45, 2.75) is 32.2 Å². The zero-order valence-corrected chi connectivity index (χ0v) is 9.42. The van der Waals surface area contributed by atoms with Crippen LogP contribution in [0.5, 0.6) is 0 Å². The summed E-state index contributed by atoms with van der Waals surface area (Å²) >= 11 is 0. The fourth-order valence-corrected chi connectivity index (χ4v) is 2.05. The maximum atomic E-state index is 3.61. The van der Waals surface area contributed by atoms with Crippen molar-refractivity contribution < 1.29 is 0 Å². The molecule has 15 heavy (non-hydrogen) atoms. The van der Waals surface area contributed by atoms with Crippen LogP contribution in [-0.4, -0.2) is 19.1 Å². The van der Waals surface area contributed by atoms with E-state index in [-0.39, 0.29) is 0 Å². The maximum Gasteiger partial charge on any atom is 0.0342 e. The zero-order chi connectivity index (χ0) is 10.5. The third-order valence-electron chi connectivity index (χ3n) is 3.00. The van der Waals surface area contributed by atoms with Crippen LogP contribution in [0, 0.1) is 6.92 Å². The molecule has 0 amide bonds. The highest BCUT2D eigenvalue weighted by Crippen LogP contribution is 2.14. The Labute approximate surface area is 92.1 Å². The monoisotopic (exact) mass is 204 g/mol. The minimum atomic E-state index is 0.641. The quantitative estimate of drug-likeness (QED) is 0.773. The first-order valence-electron chi connectivity index (χ1n) is 5.88. The van der Waals surface area contributed by atoms with E-state index < -0.39 is 0 Å². The van der Waals surface area contributed by atoms with Crippen LogP contribution in [0.2, 0.25) is 0 Å². The summed E-state index contributed by atoms with van der Waals surface area (Å²) < 4.78 is 0. The largest absolute Gasteiger partial charge is 0.382 e. The number of rotatable bonds is 2. The van der Waals surface area contributed by atoms with Gasteiger partial charge in [0.05, 0.1) is 0 Å². The lowest BCUT2D eigenvalue weighted by atomic mass is 10.1. The highest BCUT2D eigenvalue weighted by atomic mass is 14.9. The lowest BCUT2D eigenvalue weighted by molar-refractivity contribution is 0.637. The van der Waals surface area contributed by atoms with E-state index in [1.807, 2.05) is 0 Å². The molecule has 0 radical (unpaired) electrons. The molecule has 2 heteroatoms. The smallest absolute Gasteiger partial charge is 0.0342 e. The normalized spacial score (nSPS) is 22.1. The maximum absolute atomic E-state index is 3.61. The first-order chi connectivity index (χ1) is 7.34. The van der Waals surface area contributed by atoms with Gasteiger partial charge in [-0.1, -0.05) is 17.7 Å². The van der Waals surface area contributed by atoms with Gasteiger partial charge in [0.25, 0.3) is 0 Å². The highest BCUT2D eigenvalue weighted by molar-refractivity contribution is 5.45. The SMILES string of the molecule is Cc1ccc(NC2CCCNCC2)cc1. The molecule has 2 N–H and O–H groups in total. The van der Waals surface area contributed by atoms with Crippen LogP contribution in [0.3, 0.4) is 0 Å². The Kier molecular flexibility index (Phi) is 3.62. The third-order valence-corrected chi connectivity index (χ3v) is 3.00. The molecule has 1 aliphatic rings. The van der Waals surface area contributed by atoms with Gasteiger partial charge in [-0.15, -0.1) is 0 Å². The minimum absolute atomic E-state index is 0.641. The first-order valence-corrected chi connectivity index (χ1v) is 5.88. The second kappa shape index (κ2) is 5.17. The number of benzene rings is 1. The molecule has 2 rings (SSSR count). The van der Waals surface area contributed by atoms with E-state index >= 15 is 0 Å². The fourth-order valence-electron chi connectivity index (χ4n) is 2.05. The Balaban J connectivity index is 1.92. The molecule has 2 nitrogen and oxygen atoms in total. The zero-order valence-electron chi connectivity index (χ0n) is 9.42.